The summed E-state index contributed by atoms with van der Waals surface area (Å²) in [7, 11) is 4.41. The number of benzene rings is 1. The van der Waals surface area contributed by atoms with E-state index in [0.29, 0.717) is 6.04 Å². The van der Waals surface area contributed by atoms with Crippen molar-refractivity contribution in [1.29, 1.82) is 0 Å². The van der Waals surface area contributed by atoms with Crippen LogP contribution >= 0.6 is 0 Å². The minimum Gasteiger partial charge on any atom is -0.303 e. The molecule has 1 aromatic carbocycles. The Hall–Kier alpha value is -0.860. The highest BCUT2D eigenvalue weighted by atomic mass is 15.3. The fourth-order valence-corrected chi connectivity index (χ4v) is 2.05. The first-order chi connectivity index (χ1) is 6.77. The monoisotopic (exact) mass is 190 g/mol. The van der Waals surface area contributed by atoms with Crippen molar-refractivity contribution in [3.8, 4) is 0 Å². The molecule has 1 aromatic rings. The van der Waals surface area contributed by atoms with Gasteiger partial charge in [-0.05, 0) is 19.7 Å². The van der Waals surface area contributed by atoms with Crippen LogP contribution in [0.15, 0.2) is 30.3 Å². The Labute approximate surface area is 86.1 Å². The van der Waals surface area contributed by atoms with Crippen molar-refractivity contribution in [2.45, 2.75) is 6.04 Å². The average molecular weight is 190 g/mol. The van der Waals surface area contributed by atoms with Crippen molar-refractivity contribution in [2.24, 2.45) is 0 Å². The third kappa shape index (κ3) is 1.97. The molecule has 0 bridgehead atoms. The molecular formula is C12H18N2. The average Bonchev–Trinajstić information content (AvgIpc) is 2.23. The zero-order chi connectivity index (χ0) is 9.97. The van der Waals surface area contributed by atoms with Crippen molar-refractivity contribution in [3.63, 3.8) is 0 Å². The molecular weight excluding hydrogens is 172 g/mol. The van der Waals surface area contributed by atoms with Crippen LogP contribution < -0.4 is 0 Å². The largest absolute Gasteiger partial charge is 0.303 e. The fourth-order valence-electron chi connectivity index (χ4n) is 2.05. The normalized spacial score (nSPS) is 25.1. The van der Waals surface area contributed by atoms with Crippen LogP contribution in [0.4, 0.5) is 0 Å². The number of hydrogen-bond donors (Lipinski definition) is 0. The van der Waals surface area contributed by atoms with E-state index in [1.807, 2.05) is 0 Å². The smallest absolute Gasteiger partial charge is 0.0472 e. The zero-order valence-corrected chi connectivity index (χ0v) is 8.98. The maximum atomic E-state index is 2.44. The highest BCUT2D eigenvalue weighted by Gasteiger charge is 2.22. The van der Waals surface area contributed by atoms with Gasteiger partial charge in [0.05, 0.1) is 0 Å². The molecule has 0 N–H and O–H groups in total. The molecule has 1 fully saturated rings. The molecule has 0 aromatic heterocycles. The second-order valence-electron chi connectivity index (χ2n) is 4.17. The highest BCUT2D eigenvalue weighted by Crippen LogP contribution is 2.22. The summed E-state index contributed by atoms with van der Waals surface area (Å²) in [5, 5.41) is 0. The summed E-state index contributed by atoms with van der Waals surface area (Å²) in [5.74, 6) is 0. The van der Waals surface area contributed by atoms with Gasteiger partial charge >= 0.3 is 0 Å². The summed E-state index contributed by atoms with van der Waals surface area (Å²) in [6, 6.07) is 11.3. The summed E-state index contributed by atoms with van der Waals surface area (Å²) in [4.78, 5) is 4.84. The summed E-state index contributed by atoms with van der Waals surface area (Å²) in [6.07, 6.45) is 0. The van der Waals surface area contributed by atoms with Crippen LogP contribution in [0, 0.1) is 0 Å². The van der Waals surface area contributed by atoms with Crippen molar-refractivity contribution < 1.29 is 0 Å². The Morgan fingerprint density at radius 1 is 1.07 bits per heavy atom. The Morgan fingerprint density at radius 3 is 2.50 bits per heavy atom. The lowest BCUT2D eigenvalue weighted by atomic mass is 10.0. The van der Waals surface area contributed by atoms with Gasteiger partial charge in [-0.1, -0.05) is 30.3 Å². The van der Waals surface area contributed by atoms with Crippen molar-refractivity contribution in [3.05, 3.63) is 35.9 Å². The van der Waals surface area contributed by atoms with E-state index in [1.165, 1.54) is 12.1 Å². The van der Waals surface area contributed by atoms with Crippen LogP contribution in [0.3, 0.4) is 0 Å². The predicted molar refractivity (Wildman–Crippen MR) is 59.3 cm³/mol. The summed E-state index contributed by atoms with van der Waals surface area (Å²) >= 11 is 0. The van der Waals surface area contributed by atoms with Gasteiger partial charge in [0.25, 0.3) is 0 Å². The van der Waals surface area contributed by atoms with Crippen LogP contribution in [0.5, 0.6) is 0 Å². The van der Waals surface area contributed by atoms with Crippen LogP contribution in [0.2, 0.25) is 0 Å². The molecule has 2 heteroatoms. The molecule has 0 saturated carbocycles. The lowest BCUT2D eigenvalue weighted by Crippen LogP contribution is -2.44. The van der Waals surface area contributed by atoms with E-state index in [4.69, 9.17) is 0 Å². The summed E-state index contributed by atoms with van der Waals surface area (Å²) in [6.45, 7) is 3.48. The van der Waals surface area contributed by atoms with Crippen molar-refractivity contribution >= 4 is 0 Å². The fraction of sp³-hybridized carbons (Fsp3) is 0.500. The van der Waals surface area contributed by atoms with Crippen LogP contribution in [-0.2, 0) is 0 Å². The first kappa shape index (κ1) is 9.69. The van der Waals surface area contributed by atoms with Gasteiger partial charge < -0.3 is 4.90 Å². The van der Waals surface area contributed by atoms with Crippen LogP contribution in [0.1, 0.15) is 11.6 Å². The second-order valence-corrected chi connectivity index (χ2v) is 4.17. The van der Waals surface area contributed by atoms with Crippen LogP contribution in [0.25, 0.3) is 0 Å². The van der Waals surface area contributed by atoms with Gasteiger partial charge in [-0.2, -0.15) is 0 Å². The SMILES string of the molecule is CN1CCN(C)[C@H](c2ccccc2)C1. The molecule has 2 rings (SSSR count). The number of hydrogen-bond acceptors (Lipinski definition) is 2. The van der Waals surface area contributed by atoms with E-state index in [2.05, 4.69) is 54.2 Å². The third-order valence-corrected chi connectivity index (χ3v) is 3.04. The van der Waals surface area contributed by atoms with Crippen molar-refractivity contribution in [2.75, 3.05) is 33.7 Å². The number of likely N-dealkylation sites (N-methyl/N-ethyl adjacent to an activating group) is 2. The number of rotatable bonds is 1. The molecule has 1 heterocycles. The minimum atomic E-state index is 0.565. The lowest BCUT2D eigenvalue weighted by molar-refractivity contribution is 0.115. The predicted octanol–water partition coefficient (Wildman–Crippen LogP) is 1.60. The molecule has 1 aliphatic rings. The van der Waals surface area contributed by atoms with Gasteiger partial charge in [-0.25, -0.2) is 0 Å². The molecule has 0 amide bonds. The maximum absolute atomic E-state index is 2.44. The topological polar surface area (TPSA) is 6.48 Å². The molecule has 2 nitrogen and oxygen atoms in total. The third-order valence-electron chi connectivity index (χ3n) is 3.04. The van der Waals surface area contributed by atoms with E-state index in [1.54, 1.807) is 0 Å². The first-order valence-electron chi connectivity index (χ1n) is 5.21. The standard InChI is InChI=1S/C12H18N2/c1-13-8-9-14(2)12(10-13)11-6-4-3-5-7-11/h3-7,12H,8-10H2,1-2H3/t12-/m0/s1. The van der Waals surface area contributed by atoms with Crippen molar-refractivity contribution in [1.82, 2.24) is 9.80 Å². The molecule has 0 radical (unpaired) electrons. The number of piperazine rings is 1. The molecule has 14 heavy (non-hydrogen) atoms. The van der Waals surface area contributed by atoms with Gasteiger partial charge in [-0.15, -0.1) is 0 Å². The molecule has 0 aliphatic carbocycles. The molecule has 1 atom stereocenters. The highest BCUT2D eigenvalue weighted by molar-refractivity contribution is 5.19. The zero-order valence-electron chi connectivity index (χ0n) is 8.98. The summed E-state index contributed by atoms with van der Waals surface area (Å²) in [5.41, 5.74) is 1.43. The van der Waals surface area contributed by atoms with Gasteiger partial charge in [0.15, 0.2) is 0 Å². The molecule has 1 saturated heterocycles. The van der Waals surface area contributed by atoms with Crippen LogP contribution in [-0.4, -0.2) is 43.5 Å². The maximum Gasteiger partial charge on any atom is 0.0472 e. The van der Waals surface area contributed by atoms with E-state index in [-0.39, 0.29) is 0 Å². The minimum absolute atomic E-state index is 0.565. The quantitative estimate of drug-likeness (QED) is 0.664. The van der Waals surface area contributed by atoms with E-state index in [0.717, 1.165) is 13.1 Å². The molecule has 0 unspecified atom stereocenters. The molecule has 0 spiro atoms. The summed E-state index contributed by atoms with van der Waals surface area (Å²) < 4.78 is 0. The van der Waals surface area contributed by atoms with Gasteiger partial charge in [-0.3, -0.25) is 4.90 Å². The number of nitrogens with zero attached hydrogens (tertiary/aromatic N) is 2. The van der Waals surface area contributed by atoms with Gasteiger partial charge in [0, 0.05) is 25.7 Å². The van der Waals surface area contributed by atoms with E-state index < -0.39 is 0 Å². The van der Waals surface area contributed by atoms with E-state index in [9.17, 15) is 0 Å². The molecule has 1 aliphatic heterocycles. The Balaban J connectivity index is 2.16. The Bertz CT molecular complexity index is 284. The van der Waals surface area contributed by atoms with Gasteiger partial charge in [0.1, 0.15) is 0 Å². The van der Waals surface area contributed by atoms with E-state index >= 15 is 0 Å². The van der Waals surface area contributed by atoms with Gasteiger partial charge in [0.2, 0.25) is 0 Å². The second kappa shape index (κ2) is 4.11. The lowest BCUT2D eigenvalue weighted by Gasteiger charge is -2.37. The molecule has 76 valence electrons. The Kier molecular flexibility index (Phi) is 2.85. The Morgan fingerprint density at radius 2 is 1.79 bits per heavy atom. The first-order valence-corrected chi connectivity index (χ1v) is 5.21.